The van der Waals surface area contributed by atoms with Crippen molar-refractivity contribution in [1.29, 1.82) is 0 Å². The van der Waals surface area contributed by atoms with Crippen molar-refractivity contribution in [2.24, 2.45) is 0 Å². The number of benzene rings is 2. The Morgan fingerprint density at radius 2 is 1.88 bits per heavy atom. The first-order valence-electron chi connectivity index (χ1n) is 8.42. The highest BCUT2D eigenvalue weighted by molar-refractivity contribution is 5.99. The van der Waals surface area contributed by atoms with Gasteiger partial charge in [-0.15, -0.1) is 0 Å². The van der Waals surface area contributed by atoms with E-state index in [2.05, 4.69) is 5.32 Å². The number of anilines is 2. The molecule has 3 rings (SSSR count). The molecule has 2 aromatic rings. The molecule has 136 valence electrons. The standard InChI is InChI=1S/C19H20FN3O3/c1-2-26-17-10-6-4-8-15(17)21-18(24)13-22-11-12-23(19(22)25)16-9-5-3-7-14(16)20/h3-10H,2,11-13H2,1H3,(H,21,24). The normalized spacial score (nSPS) is 13.8. The smallest absolute Gasteiger partial charge is 0.325 e. The summed E-state index contributed by atoms with van der Waals surface area (Å²) in [5.74, 6) is -0.220. The zero-order valence-electron chi connectivity index (χ0n) is 14.4. The topological polar surface area (TPSA) is 61.9 Å². The van der Waals surface area contributed by atoms with E-state index in [0.717, 1.165) is 0 Å². The first kappa shape index (κ1) is 17.7. The lowest BCUT2D eigenvalue weighted by Gasteiger charge is -2.19. The Kier molecular flexibility index (Phi) is 5.36. The van der Waals surface area contributed by atoms with Crippen LogP contribution in [0.3, 0.4) is 0 Å². The molecule has 0 aromatic heterocycles. The van der Waals surface area contributed by atoms with E-state index in [1.54, 1.807) is 36.4 Å². The SMILES string of the molecule is CCOc1ccccc1NC(=O)CN1CCN(c2ccccc2F)C1=O. The third-order valence-electron chi connectivity index (χ3n) is 4.03. The Balaban J connectivity index is 1.64. The predicted octanol–water partition coefficient (Wildman–Crippen LogP) is 3.11. The van der Waals surface area contributed by atoms with Gasteiger partial charge in [0.1, 0.15) is 18.1 Å². The number of rotatable bonds is 6. The van der Waals surface area contributed by atoms with Crippen LogP contribution in [0.25, 0.3) is 0 Å². The van der Waals surface area contributed by atoms with Crippen molar-refractivity contribution in [1.82, 2.24) is 4.90 Å². The van der Waals surface area contributed by atoms with E-state index >= 15 is 0 Å². The molecule has 1 heterocycles. The lowest BCUT2D eigenvalue weighted by atomic mass is 10.3. The van der Waals surface area contributed by atoms with E-state index in [9.17, 15) is 14.0 Å². The first-order valence-corrected chi connectivity index (χ1v) is 8.42. The van der Waals surface area contributed by atoms with Crippen LogP contribution in [0.1, 0.15) is 6.92 Å². The van der Waals surface area contributed by atoms with E-state index in [1.807, 2.05) is 13.0 Å². The highest BCUT2D eigenvalue weighted by Gasteiger charge is 2.32. The summed E-state index contributed by atoms with van der Waals surface area (Å²) in [6, 6.07) is 12.8. The van der Waals surface area contributed by atoms with Crippen LogP contribution in [0.5, 0.6) is 5.75 Å². The summed E-state index contributed by atoms with van der Waals surface area (Å²) in [5, 5.41) is 2.76. The maximum atomic E-state index is 13.9. The Labute approximate surface area is 151 Å². The van der Waals surface area contributed by atoms with Crippen LogP contribution >= 0.6 is 0 Å². The molecule has 1 aliphatic rings. The second kappa shape index (κ2) is 7.86. The number of ether oxygens (including phenoxy) is 1. The molecule has 3 amide bonds. The first-order chi connectivity index (χ1) is 12.6. The fourth-order valence-electron chi connectivity index (χ4n) is 2.84. The van der Waals surface area contributed by atoms with Crippen LogP contribution in [0, 0.1) is 5.82 Å². The molecule has 6 nitrogen and oxygen atoms in total. The molecule has 0 unspecified atom stereocenters. The van der Waals surface area contributed by atoms with Gasteiger partial charge in [0, 0.05) is 13.1 Å². The van der Waals surface area contributed by atoms with Gasteiger partial charge in [-0.2, -0.15) is 0 Å². The molecule has 1 fully saturated rings. The van der Waals surface area contributed by atoms with Gasteiger partial charge in [-0.1, -0.05) is 24.3 Å². The van der Waals surface area contributed by atoms with E-state index in [4.69, 9.17) is 4.74 Å². The van der Waals surface area contributed by atoms with Gasteiger partial charge < -0.3 is 15.0 Å². The summed E-state index contributed by atoms with van der Waals surface area (Å²) in [4.78, 5) is 27.6. The second-order valence-corrected chi connectivity index (χ2v) is 5.78. The molecule has 7 heteroatoms. The Hall–Kier alpha value is -3.09. The van der Waals surface area contributed by atoms with Gasteiger partial charge in [0.05, 0.1) is 18.0 Å². The third-order valence-corrected chi connectivity index (χ3v) is 4.03. The van der Waals surface area contributed by atoms with Gasteiger partial charge in [-0.05, 0) is 31.2 Å². The van der Waals surface area contributed by atoms with Gasteiger partial charge in [-0.3, -0.25) is 9.69 Å². The summed E-state index contributed by atoms with van der Waals surface area (Å²) in [6.07, 6.45) is 0. The fourth-order valence-corrected chi connectivity index (χ4v) is 2.84. The lowest BCUT2D eigenvalue weighted by Crippen LogP contribution is -2.37. The number of carbonyl (C=O) groups excluding carboxylic acids is 2. The van der Waals surface area contributed by atoms with Gasteiger partial charge in [0.15, 0.2) is 0 Å². The van der Waals surface area contributed by atoms with Crippen LogP contribution in [-0.2, 0) is 4.79 Å². The molecule has 1 saturated heterocycles. The average Bonchev–Trinajstić information content (AvgIpc) is 2.98. The maximum Gasteiger partial charge on any atom is 0.325 e. The molecule has 26 heavy (non-hydrogen) atoms. The molecular weight excluding hydrogens is 337 g/mol. The Morgan fingerprint density at radius 3 is 2.65 bits per heavy atom. The lowest BCUT2D eigenvalue weighted by molar-refractivity contribution is -0.116. The maximum absolute atomic E-state index is 13.9. The predicted molar refractivity (Wildman–Crippen MR) is 97.0 cm³/mol. The van der Waals surface area contributed by atoms with Crippen molar-refractivity contribution in [3.05, 3.63) is 54.3 Å². The number of nitrogens with zero attached hydrogens (tertiary/aromatic N) is 2. The van der Waals surface area contributed by atoms with Gasteiger partial charge in [0.2, 0.25) is 5.91 Å². The van der Waals surface area contributed by atoms with Crippen LogP contribution in [-0.4, -0.2) is 43.1 Å². The Bertz CT molecular complexity index is 812. The number of hydrogen-bond acceptors (Lipinski definition) is 3. The molecule has 0 spiro atoms. The zero-order chi connectivity index (χ0) is 18.5. The minimum atomic E-state index is -0.460. The molecule has 1 aliphatic heterocycles. The van der Waals surface area contributed by atoms with Crippen LogP contribution in [0.4, 0.5) is 20.6 Å². The Morgan fingerprint density at radius 1 is 1.15 bits per heavy atom. The number of amides is 3. The van der Waals surface area contributed by atoms with Crippen molar-refractivity contribution >= 4 is 23.3 Å². The molecule has 0 bridgehead atoms. The minimum absolute atomic E-state index is 0.107. The number of nitrogens with one attached hydrogen (secondary N) is 1. The van der Waals surface area contributed by atoms with E-state index in [1.165, 1.54) is 15.9 Å². The quantitative estimate of drug-likeness (QED) is 0.864. The average molecular weight is 357 g/mol. The van der Waals surface area contributed by atoms with Gasteiger partial charge in [0.25, 0.3) is 0 Å². The van der Waals surface area contributed by atoms with Crippen molar-refractivity contribution < 1.29 is 18.7 Å². The van der Waals surface area contributed by atoms with E-state index in [0.29, 0.717) is 31.1 Å². The highest BCUT2D eigenvalue weighted by atomic mass is 19.1. The number of halogens is 1. The molecule has 0 aliphatic carbocycles. The van der Waals surface area contributed by atoms with E-state index in [-0.39, 0.29) is 24.2 Å². The minimum Gasteiger partial charge on any atom is -0.492 e. The zero-order valence-corrected chi connectivity index (χ0v) is 14.4. The van der Waals surface area contributed by atoms with E-state index < -0.39 is 5.82 Å². The monoisotopic (exact) mass is 357 g/mol. The van der Waals surface area contributed by atoms with Crippen molar-refractivity contribution in [3.8, 4) is 5.75 Å². The largest absolute Gasteiger partial charge is 0.492 e. The van der Waals surface area contributed by atoms with Crippen LogP contribution < -0.4 is 15.0 Å². The number of urea groups is 1. The summed E-state index contributed by atoms with van der Waals surface area (Å²) in [6.45, 7) is 2.93. The van der Waals surface area contributed by atoms with Crippen LogP contribution in [0.2, 0.25) is 0 Å². The molecule has 0 radical (unpaired) electrons. The third kappa shape index (κ3) is 3.77. The highest BCUT2D eigenvalue weighted by Crippen LogP contribution is 2.25. The number of hydrogen-bond donors (Lipinski definition) is 1. The van der Waals surface area contributed by atoms with Crippen LogP contribution in [0.15, 0.2) is 48.5 Å². The summed E-state index contributed by atoms with van der Waals surface area (Å²) in [7, 11) is 0. The second-order valence-electron chi connectivity index (χ2n) is 5.78. The molecule has 1 N–H and O–H groups in total. The summed E-state index contributed by atoms with van der Waals surface area (Å²) in [5.41, 5.74) is 0.777. The molecule has 0 saturated carbocycles. The summed E-state index contributed by atoms with van der Waals surface area (Å²) < 4.78 is 19.4. The van der Waals surface area contributed by atoms with Crippen molar-refractivity contribution in [2.75, 3.05) is 36.5 Å². The van der Waals surface area contributed by atoms with Gasteiger partial charge >= 0.3 is 6.03 Å². The number of carbonyl (C=O) groups is 2. The van der Waals surface area contributed by atoms with Gasteiger partial charge in [-0.25, -0.2) is 9.18 Å². The molecular formula is C19H20FN3O3. The fraction of sp³-hybridized carbons (Fsp3) is 0.263. The molecule has 2 aromatic carbocycles. The van der Waals surface area contributed by atoms with Crippen molar-refractivity contribution in [2.45, 2.75) is 6.92 Å². The molecule has 0 atom stereocenters. The van der Waals surface area contributed by atoms with Crippen molar-refractivity contribution in [3.63, 3.8) is 0 Å². The number of para-hydroxylation sites is 3. The summed E-state index contributed by atoms with van der Waals surface area (Å²) >= 11 is 0.